The second-order valence-corrected chi connectivity index (χ2v) is 4.14. The minimum atomic E-state index is -4.03. The molecule has 1 aliphatic heterocycles. The molecule has 1 unspecified atom stereocenters. The van der Waals surface area contributed by atoms with Crippen LogP contribution in [0.3, 0.4) is 0 Å². The molecule has 0 aromatic rings. The van der Waals surface area contributed by atoms with Gasteiger partial charge in [0.1, 0.15) is 0 Å². The first-order valence-electron chi connectivity index (χ1n) is 4.86. The molecule has 0 radical (unpaired) electrons. The van der Waals surface area contributed by atoms with Gasteiger partial charge < -0.3 is 4.90 Å². The van der Waals surface area contributed by atoms with Crippen molar-refractivity contribution in [1.29, 1.82) is 0 Å². The Bertz CT molecular complexity index is 172. The summed E-state index contributed by atoms with van der Waals surface area (Å²) in [4.78, 5) is 1.87. The van der Waals surface area contributed by atoms with Crippen molar-refractivity contribution in [2.75, 3.05) is 25.5 Å². The number of halogens is 4. The van der Waals surface area contributed by atoms with Crippen LogP contribution in [-0.4, -0.2) is 36.6 Å². The molecule has 1 aliphatic rings. The summed E-state index contributed by atoms with van der Waals surface area (Å²) in [5.74, 6) is 0.932. The molecule has 0 amide bonds. The predicted octanol–water partition coefficient (Wildman–Crippen LogP) is 2.89. The van der Waals surface area contributed by atoms with Crippen molar-refractivity contribution in [3.63, 3.8) is 0 Å². The lowest BCUT2D eigenvalue weighted by Gasteiger charge is -2.31. The quantitative estimate of drug-likeness (QED) is 0.673. The maximum Gasteiger partial charge on any atom is 0.390 e. The lowest BCUT2D eigenvalue weighted by molar-refractivity contribution is -0.138. The van der Waals surface area contributed by atoms with Crippen LogP contribution in [0.15, 0.2) is 0 Å². The van der Waals surface area contributed by atoms with Gasteiger partial charge in [-0.05, 0) is 25.3 Å². The Balaban J connectivity index is 2.24. The number of hydrogen-bond acceptors (Lipinski definition) is 1. The molecule has 1 rings (SSSR count). The van der Waals surface area contributed by atoms with E-state index in [0.29, 0.717) is 11.8 Å². The fourth-order valence-corrected chi connectivity index (χ4v) is 2.02. The third kappa shape index (κ3) is 4.51. The van der Waals surface area contributed by atoms with Gasteiger partial charge in [0.2, 0.25) is 0 Å². The molecule has 0 bridgehead atoms. The topological polar surface area (TPSA) is 3.24 Å². The SMILES string of the molecule is FC(F)(F)CCN1CCCC(CCl)C1. The van der Waals surface area contributed by atoms with E-state index < -0.39 is 12.6 Å². The monoisotopic (exact) mass is 229 g/mol. The smallest absolute Gasteiger partial charge is 0.303 e. The number of likely N-dealkylation sites (tertiary alicyclic amines) is 1. The van der Waals surface area contributed by atoms with E-state index in [-0.39, 0.29) is 6.54 Å². The molecule has 0 saturated carbocycles. The summed E-state index contributed by atoms with van der Waals surface area (Å²) in [6, 6.07) is 0. The van der Waals surface area contributed by atoms with Crippen molar-refractivity contribution in [2.24, 2.45) is 5.92 Å². The third-order valence-electron chi connectivity index (χ3n) is 2.53. The van der Waals surface area contributed by atoms with Crippen molar-refractivity contribution < 1.29 is 13.2 Å². The summed E-state index contributed by atoms with van der Waals surface area (Å²) in [6.07, 6.45) is -2.73. The molecule has 14 heavy (non-hydrogen) atoms. The lowest BCUT2D eigenvalue weighted by Crippen LogP contribution is -2.38. The molecule has 1 atom stereocenters. The molecule has 0 aromatic carbocycles. The van der Waals surface area contributed by atoms with Crippen LogP contribution in [0.1, 0.15) is 19.3 Å². The van der Waals surface area contributed by atoms with Crippen molar-refractivity contribution in [2.45, 2.75) is 25.4 Å². The molecule has 5 heteroatoms. The molecule has 0 N–H and O–H groups in total. The molecule has 0 aliphatic carbocycles. The highest BCUT2D eigenvalue weighted by molar-refractivity contribution is 6.18. The normalized spacial score (nSPS) is 25.3. The van der Waals surface area contributed by atoms with Gasteiger partial charge in [0.05, 0.1) is 6.42 Å². The summed E-state index contributed by atoms with van der Waals surface area (Å²) >= 11 is 5.69. The summed E-state index contributed by atoms with van der Waals surface area (Å²) in [5, 5.41) is 0. The van der Waals surface area contributed by atoms with Gasteiger partial charge in [0, 0.05) is 19.0 Å². The van der Waals surface area contributed by atoms with Gasteiger partial charge >= 0.3 is 6.18 Å². The van der Waals surface area contributed by atoms with Crippen molar-refractivity contribution in [3.05, 3.63) is 0 Å². The van der Waals surface area contributed by atoms with Crippen LogP contribution in [0.2, 0.25) is 0 Å². The Kier molecular flexibility index (Phi) is 4.51. The molecule has 1 nitrogen and oxygen atoms in total. The van der Waals surface area contributed by atoms with Gasteiger partial charge in [-0.3, -0.25) is 0 Å². The average molecular weight is 230 g/mol. The molecule has 1 saturated heterocycles. The van der Waals surface area contributed by atoms with Gasteiger partial charge in [-0.25, -0.2) is 0 Å². The molecule has 84 valence electrons. The second-order valence-electron chi connectivity index (χ2n) is 3.83. The van der Waals surface area contributed by atoms with Crippen LogP contribution in [0.5, 0.6) is 0 Å². The highest BCUT2D eigenvalue weighted by Crippen LogP contribution is 2.22. The van der Waals surface area contributed by atoms with E-state index in [1.54, 1.807) is 0 Å². The Hall–Kier alpha value is 0.0400. The number of piperidine rings is 1. The molecule has 1 fully saturated rings. The molecular weight excluding hydrogens is 215 g/mol. The van der Waals surface area contributed by atoms with E-state index in [1.165, 1.54) is 0 Å². The first kappa shape index (κ1) is 12.1. The molecule has 0 aromatic heterocycles. The van der Waals surface area contributed by atoms with Crippen LogP contribution >= 0.6 is 11.6 Å². The number of rotatable bonds is 3. The van der Waals surface area contributed by atoms with Crippen LogP contribution in [0.25, 0.3) is 0 Å². The summed E-state index contributed by atoms with van der Waals surface area (Å²) < 4.78 is 35.8. The molecular formula is C9H15ClF3N. The van der Waals surface area contributed by atoms with Crippen LogP contribution in [-0.2, 0) is 0 Å². The number of nitrogens with zero attached hydrogens (tertiary/aromatic N) is 1. The van der Waals surface area contributed by atoms with Gasteiger partial charge in [-0.15, -0.1) is 11.6 Å². The minimum absolute atomic E-state index is 0.122. The van der Waals surface area contributed by atoms with Gasteiger partial charge in [-0.1, -0.05) is 0 Å². The first-order chi connectivity index (χ1) is 6.51. The van der Waals surface area contributed by atoms with E-state index in [4.69, 9.17) is 11.6 Å². The Morgan fingerprint density at radius 2 is 2.07 bits per heavy atom. The van der Waals surface area contributed by atoms with E-state index in [1.807, 2.05) is 4.90 Å². The maximum absolute atomic E-state index is 11.9. The van der Waals surface area contributed by atoms with Crippen LogP contribution < -0.4 is 0 Å². The van der Waals surface area contributed by atoms with E-state index in [9.17, 15) is 13.2 Å². The van der Waals surface area contributed by atoms with E-state index >= 15 is 0 Å². The van der Waals surface area contributed by atoms with Crippen LogP contribution in [0.4, 0.5) is 13.2 Å². The zero-order valence-electron chi connectivity index (χ0n) is 7.99. The highest BCUT2D eigenvalue weighted by atomic mass is 35.5. The number of alkyl halides is 4. The van der Waals surface area contributed by atoms with Gasteiger partial charge in [-0.2, -0.15) is 13.2 Å². The Morgan fingerprint density at radius 1 is 1.36 bits per heavy atom. The fourth-order valence-electron chi connectivity index (χ4n) is 1.77. The minimum Gasteiger partial charge on any atom is -0.303 e. The summed E-state index contributed by atoms with van der Waals surface area (Å²) in [5.41, 5.74) is 0. The second kappa shape index (κ2) is 5.21. The Morgan fingerprint density at radius 3 is 2.64 bits per heavy atom. The summed E-state index contributed by atoms with van der Waals surface area (Å²) in [7, 11) is 0. The van der Waals surface area contributed by atoms with Crippen LogP contribution in [0, 0.1) is 5.92 Å². The molecule has 0 spiro atoms. The first-order valence-corrected chi connectivity index (χ1v) is 5.40. The Labute approximate surface area is 87.2 Å². The van der Waals surface area contributed by atoms with Crippen molar-refractivity contribution in [3.8, 4) is 0 Å². The standard InChI is InChI=1S/C9H15ClF3N/c10-6-8-2-1-4-14(7-8)5-3-9(11,12)13/h8H,1-7H2. The highest BCUT2D eigenvalue weighted by Gasteiger charge is 2.29. The van der Waals surface area contributed by atoms with Crippen molar-refractivity contribution in [1.82, 2.24) is 4.90 Å². The van der Waals surface area contributed by atoms with E-state index in [0.717, 1.165) is 25.9 Å². The molecule has 1 heterocycles. The summed E-state index contributed by atoms with van der Waals surface area (Å²) in [6.45, 7) is 1.62. The predicted molar refractivity (Wildman–Crippen MR) is 50.6 cm³/mol. The average Bonchev–Trinajstić information content (AvgIpc) is 2.14. The maximum atomic E-state index is 11.9. The zero-order chi connectivity index (χ0) is 10.6. The largest absolute Gasteiger partial charge is 0.390 e. The van der Waals surface area contributed by atoms with Crippen molar-refractivity contribution >= 4 is 11.6 Å². The third-order valence-corrected chi connectivity index (χ3v) is 2.97. The van der Waals surface area contributed by atoms with Gasteiger partial charge in [0.15, 0.2) is 0 Å². The lowest BCUT2D eigenvalue weighted by atomic mass is 10.00. The number of hydrogen-bond donors (Lipinski definition) is 0. The fraction of sp³-hybridized carbons (Fsp3) is 1.00. The zero-order valence-corrected chi connectivity index (χ0v) is 8.74. The van der Waals surface area contributed by atoms with Gasteiger partial charge in [0.25, 0.3) is 0 Å². The van der Waals surface area contributed by atoms with E-state index in [2.05, 4.69) is 0 Å².